The molecule has 0 bridgehead atoms. The summed E-state index contributed by atoms with van der Waals surface area (Å²) >= 11 is 0. The highest BCUT2D eigenvalue weighted by Crippen LogP contribution is 2.07. The van der Waals surface area contributed by atoms with Crippen molar-refractivity contribution in [3.8, 4) is 0 Å². The summed E-state index contributed by atoms with van der Waals surface area (Å²) in [6.07, 6.45) is -1.26. The minimum atomic E-state index is -1.34. The average Bonchev–Trinajstić information content (AvgIpc) is 2.69. The molecule has 0 aliphatic carbocycles. The molecule has 0 aliphatic heterocycles. The first-order valence-corrected chi connectivity index (χ1v) is 9.72. The number of aliphatic hydroxyl groups excluding tert-OH is 1. The summed E-state index contributed by atoms with van der Waals surface area (Å²) in [7, 11) is 0. The van der Waals surface area contributed by atoms with Crippen LogP contribution in [-0.2, 0) is 9.53 Å². The number of rotatable bonds is 9. The van der Waals surface area contributed by atoms with E-state index in [1.54, 1.807) is 20.8 Å². The standard InChI is InChI=1S/C20H30N4O7.CH4/c1-12(25)15(18(28)24-30)23-17(27)14-8-6-13(7-9-14)16(26)21-10-5-11-22-19(29)31-20(2,3)4;/h6-9,12,15,25,30H,5,10-11H2,1-4H3,(H,21,26)(H,22,29)(H,23,27)(H,24,28);1H4/t12-,15+;/m1./s1. The Bertz CT molecular complexity index is 773. The molecule has 180 valence electrons. The van der Waals surface area contributed by atoms with Crippen LogP contribution in [0.1, 0.15) is 62.3 Å². The Morgan fingerprint density at radius 1 is 0.969 bits per heavy atom. The molecule has 4 amide bonds. The van der Waals surface area contributed by atoms with Crippen LogP contribution in [0.5, 0.6) is 0 Å². The highest BCUT2D eigenvalue weighted by molar-refractivity contribution is 5.99. The van der Waals surface area contributed by atoms with E-state index in [-0.39, 0.29) is 18.9 Å². The number of ether oxygens (including phenoxy) is 1. The normalized spacial score (nSPS) is 12.4. The van der Waals surface area contributed by atoms with E-state index in [1.165, 1.54) is 36.7 Å². The molecule has 0 fully saturated rings. The van der Waals surface area contributed by atoms with Crippen LogP contribution in [0, 0.1) is 0 Å². The number of amides is 4. The first-order valence-electron chi connectivity index (χ1n) is 9.72. The van der Waals surface area contributed by atoms with Gasteiger partial charge in [0, 0.05) is 24.2 Å². The zero-order valence-corrected chi connectivity index (χ0v) is 18.0. The number of hydrogen-bond acceptors (Lipinski definition) is 7. The molecule has 2 atom stereocenters. The van der Waals surface area contributed by atoms with Crippen molar-refractivity contribution in [3.05, 3.63) is 35.4 Å². The molecule has 0 heterocycles. The zero-order valence-electron chi connectivity index (χ0n) is 18.0. The van der Waals surface area contributed by atoms with Crippen LogP contribution in [-0.4, -0.2) is 65.0 Å². The Hall–Kier alpha value is -3.18. The molecule has 0 aliphatic rings. The van der Waals surface area contributed by atoms with Gasteiger partial charge in [0.15, 0.2) is 0 Å². The highest BCUT2D eigenvalue weighted by atomic mass is 16.6. The van der Waals surface area contributed by atoms with Crippen LogP contribution in [0.25, 0.3) is 0 Å². The molecule has 0 radical (unpaired) electrons. The van der Waals surface area contributed by atoms with Gasteiger partial charge in [-0.2, -0.15) is 0 Å². The highest BCUT2D eigenvalue weighted by Gasteiger charge is 2.25. The Kier molecular flexibility index (Phi) is 12.0. The van der Waals surface area contributed by atoms with Crippen molar-refractivity contribution in [2.75, 3.05) is 13.1 Å². The van der Waals surface area contributed by atoms with Gasteiger partial charge in [-0.15, -0.1) is 0 Å². The van der Waals surface area contributed by atoms with Gasteiger partial charge in [0.25, 0.3) is 17.7 Å². The second-order valence-electron chi connectivity index (χ2n) is 7.78. The molecular formula is C21H34N4O7. The summed E-state index contributed by atoms with van der Waals surface area (Å²) in [5.41, 5.74) is 1.27. The number of nitrogens with one attached hydrogen (secondary N) is 4. The van der Waals surface area contributed by atoms with Gasteiger partial charge in [-0.05, 0) is 58.4 Å². The molecule has 1 aromatic carbocycles. The summed E-state index contributed by atoms with van der Waals surface area (Å²) in [4.78, 5) is 47.4. The van der Waals surface area contributed by atoms with E-state index in [2.05, 4.69) is 16.0 Å². The minimum Gasteiger partial charge on any atom is -0.444 e. The monoisotopic (exact) mass is 454 g/mol. The van der Waals surface area contributed by atoms with E-state index >= 15 is 0 Å². The predicted octanol–water partition coefficient (Wildman–Crippen LogP) is 0.952. The number of aliphatic hydroxyl groups is 1. The van der Waals surface area contributed by atoms with Gasteiger partial charge in [-0.25, -0.2) is 10.3 Å². The van der Waals surface area contributed by atoms with Gasteiger partial charge in [0.1, 0.15) is 11.6 Å². The lowest BCUT2D eigenvalue weighted by Gasteiger charge is -2.19. The maximum Gasteiger partial charge on any atom is 0.407 e. The largest absolute Gasteiger partial charge is 0.444 e. The molecule has 1 aromatic rings. The van der Waals surface area contributed by atoms with Crippen molar-refractivity contribution in [1.82, 2.24) is 21.4 Å². The molecule has 11 heteroatoms. The molecule has 0 spiro atoms. The predicted molar refractivity (Wildman–Crippen MR) is 117 cm³/mol. The third kappa shape index (κ3) is 10.2. The number of benzene rings is 1. The second kappa shape index (κ2) is 13.3. The molecule has 11 nitrogen and oxygen atoms in total. The van der Waals surface area contributed by atoms with Gasteiger partial charge in [-0.1, -0.05) is 7.43 Å². The molecule has 0 aromatic heterocycles. The lowest BCUT2D eigenvalue weighted by molar-refractivity contribution is -0.133. The number of hydroxylamine groups is 1. The first kappa shape index (κ1) is 28.8. The van der Waals surface area contributed by atoms with Gasteiger partial charge >= 0.3 is 6.09 Å². The average molecular weight is 455 g/mol. The second-order valence-corrected chi connectivity index (χ2v) is 7.78. The van der Waals surface area contributed by atoms with E-state index < -0.39 is 35.7 Å². The van der Waals surface area contributed by atoms with E-state index in [9.17, 15) is 24.3 Å². The van der Waals surface area contributed by atoms with Gasteiger partial charge in [0.2, 0.25) is 0 Å². The lowest BCUT2D eigenvalue weighted by atomic mass is 10.1. The fourth-order valence-electron chi connectivity index (χ4n) is 2.37. The Balaban J connectivity index is 0.00000961. The summed E-state index contributed by atoms with van der Waals surface area (Å²) in [6, 6.07) is 4.32. The zero-order chi connectivity index (χ0) is 23.6. The summed E-state index contributed by atoms with van der Waals surface area (Å²) in [6.45, 7) is 7.23. The van der Waals surface area contributed by atoms with Gasteiger partial charge < -0.3 is 25.8 Å². The van der Waals surface area contributed by atoms with E-state index in [4.69, 9.17) is 9.94 Å². The third-order valence-electron chi connectivity index (χ3n) is 3.88. The molecular weight excluding hydrogens is 420 g/mol. The first-order chi connectivity index (χ1) is 14.4. The lowest BCUT2D eigenvalue weighted by Crippen LogP contribution is -2.51. The van der Waals surface area contributed by atoms with Gasteiger partial charge in [0.05, 0.1) is 6.10 Å². The topological polar surface area (TPSA) is 166 Å². The smallest absolute Gasteiger partial charge is 0.407 e. The molecule has 1 rings (SSSR count). The quantitative estimate of drug-likeness (QED) is 0.184. The van der Waals surface area contributed by atoms with Crippen LogP contribution < -0.4 is 21.4 Å². The number of carbonyl (C=O) groups excluding carboxylic acids is 4. The maximum atomic E-state index is 12.2. The third-order valence-corrected chi connectivity index (χ3v) is 3.88. The minimum absolute atomic E-state index is 0. The Morgan fingerprint density at radius 2 is 1.47 bits per heavy atom. The molecule has 0 unspecified atom stereocenters. The van der Waals surface area contributed by atoms with E-state index in [0.29, 0.717) is 25.1 Å². The van der Waals surface area contributed by atoms with Crippen LogP contribution in [0.4, 0.5) is 4.79 Å². The fraction of sp³-hybridized carbons (Fsp3) is 0.524. The Labute approximate surface area is 187 Å². The summed E-state index contributed by atoms with van der Waals surface area (Å²) < 4.78 is 5.10. The number of alkyl carbamates (subject to hydrolysis) is 1. The molecule has 0 saturated carbocycles. The maximum absolute atomic E-state index is 12.2. The van der Waals surface area contributed by atoms with E-state index in [0.717, 1.165) is 0 Å². The fourth-order valence-corrected chi connectivity index (χ4v) is 2.37. The number of hydrogen-bond donors (Lipinski definition) is 6. The molecule has 0 saturated heterocycles. The Morgan fingerprint density at radius 3 is 1.94 bits per heavy atom. The van der Waals surface area contributed by atoms with Crippen molar-refractivity contribution in [3.63, 3.8) is 0 Å². The van der Waals surface area contributed by atoms with Crippen molar-refractivity contribution in [2.45, 2.75) is 59.3 Å². The molecule has 6 N–H and O–H groups in total. The van der Waals surface area contributed by atoms with Crippen LogP contribution in [0.3, 0.4) is 0 Å². The van der Waals surface area contributed by atoms with Crippen LogP contribution in [0.2, 0.25) is 0 Å². The summed E-state index contributed by atoms with van der Waals surface area (Å²) in [5, 5.41) is 25.8. The van der Waals surface area contributed by atoms with Crippen molar-refractivity contribution in [2.24, 2.45) is 0 Å². The summed E-state index contributed by atoms with van der Waals surface area (Å²) in [5.74, 6) is -1.97. The van der Waals surface area contributed by atoms with Crippen LogP contribution in [0.15, 0.2) is 24.3 Å². The van der Waals surface area contributed by atoms with Crippen molar-refractivity contribution < 1.29 is 34.2 Å². The number of carbonyl (C=O) groups is 4. The van der Waals surface area contributed by atoms with Gasteiger partial charge in [-0.3, -0.25) is 19.6 Å². The molecule has 32 heavy (non-hydrogen) atoms. The SMILES string of the molecule is C.C[C@@H](O)[C@H](NC(=O)c1ccc(C(=O)NCCCNC(=O)OC(C)(C)C)cc1)C(=O)NO. The van der Waals surface area contributed by atoms with Crippen molar-refractivity contribution in [1.29, 1.82) is 0 Å². The van der Waals surface area contributed by atoms with E-state index in [1.807, 2.05) is 0 Å². The van der Waals surface area contributed by atoms with Crippen LogP contribution >= 0.6 is 0 Å². The van der Waals surface area contributed by atoms with Crippen molar-refractivity contribution >= 4 is 23.8 Å².